The molecule has 0 atom stereocenters. The summed E-state index contributed by atoms with van der Waals surface area (Å²) in [5.41, 5.74) is 2.36. The average Bonchev–Trinajstić information content (AvgIpc) is 2.97. The molecule has 1 heterocycles. The van der Waals surface area contributed by atoms with Gasteiger partial charge in [-0.3, -0.25) is 0 Å². The molecule has 1 aliphatic heterocycles. The smallest absolute Gasteiger partial charge is 0.0460 e. The topological polar surface area (TPSA) is 0 Å². The highest BCUT2D eigenvalue weighted by atomic mass is 33.1. The minimum Gasteiger partial charge on any atom is -0.0794 e. The Balaban J connectivity index is 1.81. The lowest BCUT2D eigenvalue weighted by molar-refractivity contribution is 1.65. The molecule has 3 rings (SSSR count). The Morgan fingerprint density at radius 3 is 2.20 bits per heavy atom. The van der Waals surface area contributed by atoms with E-state index in [0.29, 0.717) is 0 Å². The molecule has 0 spiro atoms. The molecule has 0 aromatic heterocycles. The summed E-state index contributed by atoms with van der Waals surface area (Å²) in [6, 6.07) is 20.6. The first-order valence-corrected chi connectivity index (χ1v) is 8.81. The number of benzene rings is 2. The number of thiocarbonyl (C=S) groups is 1. The fraction of sp³-hybridized carbons (Fsp3) is 0. The van der Waals surface area contributed by atoms with Gasteiger partial charge in [0.2, 0.25) is 0 Å². The van der Waals surface area contributed by atoms with Crippen molar-refractivity contribution < 1.29 is 0 Å². The standard InChI is InChI=1S/C17H12S3/c18-16(13-7-3-1-4-8-13)11-15-12-17(20-19-15)14-9-5-2-6-10-14/h1-12H/b15-11-. The van der Waals surface area contributed by atoms with Crippen LogP contribution in [0.1, 0.15) is 11.1 Å². The molecule has 3 heteroatoms. The number of hydrogen-bond acceptors (Lipinski definition) is 3. The van der Waals surface area contributed by atoms with E-state index in [-0.39, 0.29) is 0 Å². The number of hydrogen-bond donors (Lipinski definition) is 0. The Morgan fingerprint density at radius 1 is 0.850 bits per heavy atom. The van der Waals surface area contributed by atoms with Gasteiger partial charge in [0.05, 0.1) is 0 Å². The average molecular weight is 312 g/mol. The van der Waals surface area contributed by atoms with Crippen LogP contribution in [-0.2, 0) is 0 Å². The Bertz CT molecular complexity index is 670. The van der Waals surface area contributed by atoms with Gasteiger partial charge in [0.1, 0.15) is 0 Å². The summed E-state index contributed by atoms with van der Waals surface area (Å²) in [5, 5.41) is 0. The van der Waals surface area contributed by atoms with Gasteiger partial charge >= 0.3 is 0 Å². The van der Waals surface area contributed by atoms with Crippen LogP contribution in [0, 0.1) is 0 Å². The second kappa shape index (κ2) is 6.44. The second-order valence-corrected chi connectivity index (χ2v) is 7.00. The lowest BCUT2D eigenvalue weighted by Crippen LogP contribution is -1.91. The van der Waals surface area contributed by atoms with Crippen LogP contribution in [0.2, 0.25) is 0 Å². The molecule has 0 N–H and O–H groups in total. The van der Waals surface area contributed by atoms with Crippen LogP contribution >= 0.6 is 33.8 Å². The van der Waals surface area contributed by atoms with Crippen molar-refractivity contribution in [2.75, 3.05) is 0 Å². The highest BCUT2D eigenvalue weighted by molar-refractivity contribution is 8.82. The first-order chi connectivity index (χ1) is 9.83. The van der Waals surface area contributed by atoms with Gasteiger partial charge in [-0.05, 0) is 23.3 Å². The lowest BCUT2D eigenvalue weighted by Gasteiger charge is -1.98. The first-order valence-electron chi connectivity index (χ1n) is 6.26. The van der Waals surface area contributed by atoms with Gasteiger partial charge in [0.15, 0.2) is 0 Å². The van der Waals surface area contributed by atoms with Crippen molar-refractivity contribution in [3.8, 4) is 0 Å². The van der Waals surface area contributed by atoms with Gasteiger partial charge in [0.25, 0.3) is 0 Å². The van der Waals surface area contributed by atoms with E-state index >= 15 is 0 Å². The summed E-state index contributed by atoms with van der Waals surface area (Å²) in [7, 11) is 3.56. The molecule has 1 aliphatic rings. The summed E-state index contributed by atoms with van der Waals surface area (Å²) < 4.78 is 0. The molecule has 0 saturated carbocycles. The van der Waals surface area contributed by atoms with E-state index in [0.717, 1.165) is 10.4 Å². The van der Waals surface area contributed by atoms with Crippen molar-refractivity contribution in [3.63, 3.8) is 0 Å². The van der Waals surface area contributed by atoms with Gasteiger partial charge in [-0.2, -0.15) is 0 Å². The Kier molecular flexibility index (Phi) is 4.41. The normalized spacial score (nSPS) is 16.2. The van der Waals surface area contributed by atoms with Crippen LogP contribution in [0.25, 0.3) is 4.91 Å². The summed E-state index contributed by atoms with van der Waals surface area (Å²) in [4.78, 5) is 3.39. The van der Waals surface area contributed by atoms with Gasteiger partial charge in [-0.1, -0.05) is 94.5 Å². The van der Waals surface area contributed by atoms with Crippen LogP contribution in [0.4, 0.5) is 0 Å². The molecule has 0 aliphatic carbocycles. The van der Waals surface area contributed by atoms with Gasteiger partial charge in [0, 0.05) is 14.7 Å². The molecule has 0 amide bonds. The van der Waals surface area contributed by atoms with E-state index in [1.54, 1.807) is 21.6 Å². The fourth-order valence-corrected chi connectivity index (χ4v) is 4.50. The third-order valence-corrected chi connectivity index (χ3v) is 5.66. The SMILES string of the molecule is S=C(/C=C1/C=C(c2ccccc2)SS1)c1ccccc1. The van der Waals surface area contributed by atoms with Crippen molar-refractivity contribution in [2.45, 2.75) is 0 Å². The fourth-order valence-electron chi connectivity index (χ4n) is 1.88. The minimum absolute atomic E-state index is 0.888. The van der Waals surface area contributed by atoms with E-state index in [1.807, 2.05) is 36.4 Å². The molecule has 0 bridgehead atoms. The van der Waals surface area contributed by atoms with E-state index in [2.05, 4.69) is 36.4 Å². The predicted octanol–water partition coefficient (Wildman–Crippen LogP) is 5.72. The monoisotopic (exact) mass is 312 g/mol. The zero-order valence-electron chi connectivity index (χ0n) is 10.7. The largest absolute Gasteiger partial charge is 0.0794 e. The van der Waals surface area contributed by atoms with Gasteiger partial charge in [-0.15, -0.1) is 0 Å². The van der Waals surface area contributed by atoms with E-state index in [1.165, 1.54) is 15.4 Å². The molecule has 98 valence electrons. The highest BCUT2D eigenvalue weighted by Crippen LogP contribution is 2.49. The van der Waals surface area contributed by atoms with Crippen molar-refractivity contribution in [1.29, 1.82) is 0 Å². The van der Waals surface area contributed by atoms with Crippen LogP contribution in [0.3, 0.4) is 0 Å². The quantitative estimate of drug-likeness (QED) is 0.308. The molecule has 0 radical (unpaired) electrons. The molecule has 0 fully saturated rings. The van der Waals surface area contributed by atoms with Crippen molar-refractivity contribution >= 4 is 43.6 Å². The Morgan fingerprint density at radius 2 is 1.50 bits per heavy atom. The maximum Gasteiger partial charge on any atom is 0.0460 e. The molecule has 20 heavy (non-hydrogen) atoms. The summed E-state index contributed by atoms with van der Waals surface area (Å²) in [5.74, 6) is 0. The molecule has 0 saturated heterocycles. The highest BCUT2D eigenvalue weighted by Gasteiger charge is 2.13. The minimum atomic E-state index is 0.888. The lowest BCUT2D eigenvalue weighted by atomic mass is 10.1. The molecule has 0 unspecified atom stereocenters. The zero-order valence-corrected chi connectivity index (χ0v) is 13.1. The van der Waals surface area contributed by atoms with Crippen molar-refractivity contribution in [2.24, 2.45) is 0 Å². The van der Waals surface area contributed by atoms with E-state index in [4.69, 9.17) is 12.2 Å². The first kappa shape index (κ1) is 13.7. The molecular formula is C17H12S3. The summed E-state index contributed by atoms with van der Waals surface area (Å²) >= 11 is 5.48. The van der Waals surface area contributed by atoms with Crippen LogP contribution in [0.15, 0.2) is 77.7 Å². The predicted molar refractivity (Wildman–Crippen MR) is 95.8 cm³/mol. The van der Waals surface area contributed by atoms with Crippen LogP contribution < -0.4 is 0 Å². The summed E-state index contributed by atoms with van der Waals surface area (Å²) in [6.45, 7) is 0. The third kappa shape index (κ3) is 3.23. The van der Waals surface area contributed by atoms with Crippen LogP contribution in [0.5, 0.6) is 0 Å². The number of allylic oxidation sites excluding steroid dienone is 2. The van der Waals surface area contributed by atoms with E-state index in [9.17, 15) is 0 Å². The van der Waals surface area contributed by atoms with E-state index < -0.39 is 0 Å². The van der Waals surface area contributed by atoms with Crippen molar-refractivity contribution in [1.82, 2.24) is 0 Å². The maximum atomic E-state index is 5.48. The number of rotatable bonds is 3. The molecular weight excluding hydrogens is 300 g/mol. The zero-order chi connectivity index (χ0) is 13.8. The molecule has 2 aromatic rings. The van der Waals surface area contributed by atoms with Crippen molar-refractivity contribution in [3.05, 3.63) is 88.8 Å². The second-order valence-electron chi connectivity index (χ2n) is 4.32. The third-order valence-electron chi connectivity index (χ3n) is 2.89. The van der Waals surface area contributed by atoms with Gasteiger partial charge in [-0.25, -0.2) is 0 Å². The van der Waals surface area contributed by atoms with Gasteiger partial charge < -0.3 is 0 Å². The molecule has 2 aromatic carbocycles. The Hall–Kier alpha value is -1.29. The summed E-state index contributed by atoms with van der Waals surface area (Å²) in [6.07, 6.45) is 4.29. The molecule has 0 nitrogen and oxygen atoms in total. The maximum absolute atomic E-state index is 5.48. The Labute approximate surface area is 132 Å². The van der Waals surface area contributed by atoms with Crippen LogP contribution in [-0.4, -0.2) is 4.86 Å².